The van der Waals surface area contributed by atoms with Crippen molar-refractivity contribution in [1.82, 2.24) is 9.97 Å². The van der Waals surface area contributed by atoms with Crippen LogP contribution in [0.15, 0.2) is 79.1 Å². The standard InChI is InChI=1S/C32H21N3/c1-2-8-25-18(5-1)11-21-13-22-14-23-15-24-12-19-6-3-9-33-31(19)35-30(24)28(29(23)27(22)17-26(21)25)16-20-7-4-10-34-32(20)35/h1-10,13,15,17H,11-12,14,16H2. The van der Waals surface area contributed by atoms with Crippen molar-refractivity contribution < 1.29 is 0 Å². The number of pyridine rings is 2. The number of anilines is 3. The van der Waals surface area contributed by atoms with E-state index in [1.54, 1.807) is 0 Å². The first-order chi connectivity index (χ1) is 17.3. The van der Waals surface area contributed by atoms with Crippen molar-refractivity contribution >= 4 is 17.3 Å². The Morgan fingerprint density at radius 3 is 2.03 bits per heavy atom. The van der Waals surface area contributed by atoms with E-state index in [1.807, 2.05) is 12.4 Å². The number of fused-ring (bicyclic) bond motifs is 11. The topological polar surface area (TPSA) is 29.0 Å². The summed E-state index contributed by atoms with van der Waals surface area (Å²) in [6, 6.07) is 24.9. The van der Waals surface area contributed by atoms with Crippen LogP contribution in [0.4, 0.5) is 17.3 Å². The third kappa shape index (κ3) is 2.26. The molecule has 0 saturated heterocycles. The van der Waals surface area contributed by atoms with Gasteiger partial charge in [0.1, 0.15) is 11.6 Å². The van der Waals surface area contributed by atoms with Crippen molar-refractivity contribution in [3.63, 3.8) is 0 Å². The molecule has 0 bridgehead atoms. The van der Waals surface area contributed by atoms with Crippen LogP contribution in [-0.2, 0) is 25.7 Å². The molecule has 0 fully saturated rings. The molecule has 2 aromatic heterocycles. The molecule has 0 N–H and O–H groups in total. The maximum atomic E-state index is 4.84. The monoisotopic (exact) mass is 447 g/mol. The highest BCUT2D eigenvalue weighted by Gasteiger charge is 2.37. The van der Waals surface area contributed by atoms with Crippen LogP contribution in [0.3, 0.4) is 0 Å². The van der Waals surface area contributed by atoms with Crippen LogP contribution in [0.2, 0.25) is 0 Å². The predicted molar refractivity (Wildman–Crippen MR) is 139 cm³/mol. The molecule has 9 rings (SSSR count). The molecule has 3 nitrogen and oxygen atoms in total. The van der Waals surface area contributed by atoms with Gasteiger partial charge in [0.15, 0.2) is 0 Å². The molecule has 0 atom stereocenters. The van der Waals surface area contributed by atoms with E-state index in [9.17, 15) is 0 Å². The highest BCUT2D eigenvalue weighted by molar-refractivity contribution is 5.95. The Hall–Kier alpha value is -4.24. The fourth-order valence-corrected chi connectivity index (χ4v) is 6.98. The summed E-state index contributed by atoms with van der Waals surface area (Å²) in [5.74, 6) is 2.06. The summed E-state index contributed by atoms with van der Waals surface area (Å²) >= 11 is 0. The van der Waals surface area contributed by atoms with Crippen LogP contribution in [0.5, 0.6) is 0 Å². The fourth-order valence-electron chi connectivity index (χ4n) is 6.98. The van der Waals surface area contributed by atoms with Crippen LogP contribution in [0.1, 0.15) is 44.5 Å². The predicted octanol–water partition coefficient (Wildman–Crippen LogP) is 6.90. The van der Waals surface area contributed by atoms with E-state index >= 15 is 0 Å². The molecular formula is C32H21N3. The fraction of sp³-hybridized carbons (Fsp3) is 0.125. The summed E-state index contributed by atoms with van der Waals surface area (Å²) in [6.07, 6.45) is 7.73. The maximum Gasteiger partial charge on any atom is 0.142 e. The zero-order valence-electron chi connectivity index (χ0n) is 19.2. The number of aromatic nitrogens is 2. The van der Waals surface area contributed by atoms with Gasteiger partial charge < -0.3 is 0 Å². The van der Waals surface area contributed by atoms with Gasteiger partial charge in [-0.25, -0.2) is 9.97 Å². The Bertz CT molecular complexity index is 1750. The number of hydrogen-bond acceptors (Lipinski definition) is 3. The van der Waals surface area contributed by atoms with E-state index in [2.05, 4.69) is 71.6 Å². The molecule has 3 heteroatoms. The van der Waals surface area contributed by atoms with Gasteiger partial charge in [-0.15, -0.1) is 0 Å². The molecule has 164 valence electrons. The van der Waals surface area contributed by atoms with E-state index in [4.69, 9.17) is 9.97 Å². The molecule has 4 heterocycles. The van der Waals surface area contributed by atoms with Gasteiger partial charge in [-0.3, -0.25) is 4.90 Å². The van der Waals surface area contributed by atoms with E-state index in [0.717, 1.165) is 37.3 Å². The van der Waals surface area contributed by atoms with Crippen molar-refractivity contribution in [1.29, 1.82) is 0 Å². The highest BCUT2D eigenvalue weighted by atomic mass is 15.3. The second kappa shape index (κ2) is 6.25. The normalized spacial score (nSPS) is 14.9. The molecule has 5 aromatic rings. The number of rotatable bonds is 0. The van der Waals surface area contributed by atoms with E-state index < -0.39 is 0 Å². The van der Waals surface area contributed by atoms with Gasteiger partial charge in [0.05, 0.1) is 5.69 Å². The summed E-state index contributed by atoms with van der Waals surface area (Å²) in [7, 11) is 0. The average Bonchev–Trinajstić information content (AvgIpc) is 3.44. The molecule has 2 aliphatic heterocycles. The first kappa shape index (κ1) is 18.1. The molecule has 4 aliphatic rings. The SMILES string of the molecule is c1ccc2c(c1)Cc1cc3c(cc1-2)-c1c(cc2c4c1Cc1cccnc1N4c1ncccc1C2)C3. The summed E-state index contributed by atoms with van der Waals surface area (Å²) in [5, 5.41) is 0. The molecule has 0 amide bonds. The quantitative estimate of drug-likeness (QED) is 0.253. The largest absolute Gasteiger partial charge is 0.278 e. The van der Waals surface area contributed by atoms with Crippen LogP contribution in [0, 0.1) is 0 Å². The van der Waals surface area contributed by atoms with Crippen molar-refractivity contribution in [2.45, 2.75) is 25.7 Å². The molecule has 3 aromatic carbocycles. The number of benzene rings is 3. The van der Waals surface area contributed by atoms with Crippen LogP contribution >= 0.6 is 0 Å². The number of nitrogens with zero attached hydrogens (tertiary/aromatic N) is 3. The minimum atomic E-state index is 0.917. The molecule has 35 heavy (non-hydrogen) atoms. The first-order valence-corrected chi connectivity index (χ1v) is 12.4. The Morgan fingerprint density at radius 1 is 0.514 bits per heavy atom. The average molecular weight is 448 g/mol. The van der Waals surface area contributed by atoms with E-state index in [1.165, 1.54) is 72.4 Å². The summed E-state index contributed by atoms with van der Waals surface area (Å²) in [6.45, 7) is 0. The highest BCUT2D eigenvalue weighted by Crippen LogP contribution is 2.55. The maximum absolute atomic E-state index is 4.84. The summed E-state index contributed by atoms with van der Waals surface area (Å²) < 4.78 is 0. The van der Waals surface area contributed by atoms with Gasteiger partial charge in [0.2, 0.25) is 0 Å². The zero-order chi connectivity index (χ0) is 22.7. The third-order valence-corrected chi connectivity index (χ3v) is 8.36. The van der Waals surface area contributed by atoms with Crippen molar-refractivity contribution in [3.05, 3.63) is 124 Å². The lowest BCUT2D eigenvalue weighted by Crippen LogP contribution is -2.27. The van der Waals surface area contributed by atoms with Gasteiger partial charge in [-0.2, -0.15) is 0 Å². The van der Waals surface area contributed by atoms with Crippen molar-refractivity contribution in [3.8, 4) is 22.3 Å². The first-order valence-electron chi connectivity index (χ1n) is 12.4. The second-order valence-electron chi connectivity index (χ2n) is 10.2. The third-order valence-electron chi connectivity index (χ3n) is 8.36. The van der Waals surface area contributed by atoms with E-state index in [-0.39, 0.29) is 0 Å². The van der Waals surface area contributed by atoms with Crippen molar-refractivity contribution in [2.24, 2.45) is 0 Å². The summed E-state index contributed by atoms with van der Waals surface area (Å²) in [5.41, 5.74) is 18.3. The van der Waals surface area contributed by atoms with Gasteiger partial charge in [-0.05, 0) is 97.8 Å². The van der Waals surface area contributed by atoms with Crippen molar-refractivity contribution in [2.75, 3.05) is 4.90 Å². The minimum Gasteiger partial charge on any atom is -0.278 e. The second-order valence-corrected chi connectivity index (χ2v) is 10.2. The molecular weight excluding hydrogens is 426 g/mol. The number of hydrogen-bond donors (Lipinski definition) is 0. The zero-order valence-corrected chi connectivity index (χ0v) is 19.2. The van der Waals surface area contributed by atoms with Gasteiger partial charge in [0.25, 0.3) is 0 Å². The molecule has 0 spiro atoms. The Balaban J connectivity index is 1.33. The lowest BCUT2D eigenvalue weighted by Gasteiger charge is -2.38. The molecule has 2 aliphatic carbocycles. The molecule has 0 radical (unpaired) electrons. The van der Waals surface area contributed by atoms with Crippen LogP contribution in [-0.4, -0.2) is 9.97 Å². The van der Waals surface area contributed by atoms with Gasteiger partial charge in [0, 0.05) is 25.2 Å². The van der Waals surface area contributed by atoms with E-state index in [0.29, 0.717) is 0 Å². The van der Waals surface area contributed by atoms with Crippen LogP contribution in [0.25, 0.3) is 22.3 Å². The van der Waals surface area contributed by atoms with Gasteiger partial charge >= 0.3 is 0 Å². The summed E-state index contributed by atoms with van der Waals surface area (Å²) in [4.78, 5) is 12.0. The Labute approximate surface area is 203 Å². The molecule has 0 saturated carbocycles. The lowest BCUT2D eigenvalue weighted by molar-refractivity contribution is 0.954. The minimum absolute atomic E-state index is 0.917. The van der Waals surface area contributed by atoms with Crippen LogP contribution < -0.4 is 4.90 Å². The smallest absolute Gasteiger partial charge is 0.142 e. The lowest BCUT2D eigenvalue weighted by atomic mass is 9.83. The molecule has 0 unspecified atom stereocenters. The van der Waals surface area contributed by atoms with Gasteiger partial charge in [-0.1, -0.05) is 48.5 Å². The Morgan fingerprint density at radius 2 is 1.17 bits per heavy atom. The Kier molecular flexibility index (Phi) is 3.24.